The summed E-state index contributed by atoms with van der Waals surface area (Å²) in [5.74, 6) is 0.343. The van der Waals surface area contributed by atoms with Crippen molar-refractivity contribution in [3.63, 3.8) is 0 Å². The summed E-state index contributed by atoms with van der Waals surface area (Å²) in [6.45, 7) is 4.25. The molecule has 0 aromatic heterocycles. The molecular formula is C20H30N2O2. The lowest BCUT2D eigenvalue weighted by atomic mass is 9.75. The number of carbonyl (C=O) groups is 1. The number of amides is 1. The van der Waals surface area contributed by atoms with E-state index in [1.165, 1.54) is 5.56 Å². The number of benzene rings is 1. The van der Waals surface area contributed by atoms with E-state index < -0.39 is 11.0 Å². The van der Waals surface area contributed by atoms with E-state index in [9.17, 15) is 9.90 Å². The van der Waals surface area contributed by atoms with Gasteiger partial charge >= 0.3 is 0 Å². The van der Waals surface area contributed by atoms with Crippen molar-refractivity contribution in [2.24, 2.45) is 11.1 Å². The lowest BCUT2D eigenvalue weighted by molar-refractivity contribution is -0.131. The number of hydrogen-bond donors (Lipinski definition) is 2. The van der Waals surface area contributed by atoms with Crippen LogP contribution in [0.5, 0.6) is 0 Å². The van der Waals surface area contributed by atoms with E-state index in [-0.39, 0.29) is 5.91 Å². The van der Waals surface area contributed by atoms with Gasteiger partial charge in [0.2, 0.25) is 5.91 Å². The Balaban J connectivity index is 1.57. The molecule has 1 aromatic carbocycles. The Labute approximate surface area is 145 Å². The number of nitrogens with zero attached hydrogens (tertiary/aromatic N) is 1. The molecule has 1 aliphatic heterocycles. The van der Waals surface area contributed by atoms with E-state index >= 15 is 0 Å². The monoisotopic (exact) mass is 330 g/mol. The van der Waals surface area contributed by atoms with Gasteiger partial charge in [-0.25, -0.2) is 0 Å². The molecule has 4 nitrogen and oxygen atoms in total. The molecule has 1 amide bonds. The minimum Gasteiger partial charge on any atom is -0.389 e. The highest BCUT2D eigenvalue weighted by Gasteiger charge is 2.40. The predicted molar refractivity (Wildman–Crippen MR) is 95.6 cm³/mol. The molecule has 1 saturated carbocycles. The predicted octanol–water partition coefficient (Wildman–Crippen LogP) is 2.66. The summed E-state index contributed by atoms with van der Waals surface area (Å²) in [6, 6.07) is 10.6. The number of piperidine rings is 1. The third-order valence-corrected chi connectivity index (χ3v) is 6.08. The van der Waals surface area contributed by atoms with Crippen molar-refractivity contribution in [1.82, 2.24) is 4.90 Å². The Morgan fingerprint density at radius 3 is 2.54 bits per heavy atom. The van der Waals surface area contributed by atoms with Gasteiger partial charge in [-0.2, -0.15) is 0 Å². The van der Waals surface area contributed by atoms with Crippen LogP contribution in [-0.4, -0.2) is 41.1 Å². The van der Waals surface area contributed by atoms with Gasteiger partial charge < -0.3 is 10.8 Å². The minimum atomic E-state index is -0.624. The van der Waals surface area contributed by atoms with Crippen molar-refractivity contribution >= 4 is 5.91 Å². The summed E-state index contributed by atoms with van der Waals surface area (Å²) in [5, 5.41) is 11.0. The van der Waals surface area contributed by atoms with Crippen LogP contribution >= 0.6 is 0 Å². The summed E-state index contributed by atoms with van der Waals surface area (Å²) in [7, 11) is 0. The lowest BCUT2D eigenvalue weighted by Gasteiger charge is -2.44. The van der Waals surface area contributed by atoms with Gasteiger partial charge in [-0.05, 0) is 63.5 Å². The molecule has 2 fully saturated rings. The molecule has 132 valence electrons. The highest BCUT2D eigenvalue weighted by molar-refractivity contribution is 5.80. The molecule has 0 spiro atoms. The smallest absolute Gasteiger partial charge is 0.224 e. The van der Waals surface area contributed by atoms with Crippen LogP contribution in [0.3, 0.4) is 0 Å². The summed E-state index contributed by atoms with van der Waals surface area (Å²) in [6.07, 6.45) is 5.55. The van der Waals surface area contributed by atoms with Gasteiger partial charge in [0.1, 0.15) is 0 Å². The fourth-order valence-corrected chi connectivity index (χ4v) is 4.47. The number of β-amino-alcohol motifs (C(OH)–C–C–N with tert-alkyl or cyclic N) is 1. The van der Waals surface area contributed by atoms with Gasteiger partial charge in [0, 0.05) is 13.1 Å². The highest BCUT2D eigenvalue weighted by atomic mass is 16.3. The van der Waals surface area contributed by atoms with Gasteiger partial charge in [0.15, 0.2) is 0 Å². The Morgan fingerprint density at radius 2 is 1.92 bits per heavy atom. The topological polar surface area (TPSA) is 66.6 Å². The average molecular weight is 330 g/mol. The molecule has 4 heteroatoms. The van der Waals surface area contributed by atoms with Gasteiger partial charge in [0.05, 0.1) is 11.0 Å². The van der Waals surface area contributed by atoms with Crippen LogP contribution in [0.15, 0.2) is 30.3 Å². The average Bonchev–Trinajstić information content (AvgIpc) is 2.56. The molecule has 1 aromatic rings. The van der Waals surface area contributed by atoms with Crippen molar-refractivity contribution in [3.8, 4) is 0 Å². The molecular weight excluding hydrogens is 300 g/mol. The Hall–Kier alpha value is -1.39. The molecule has 0 bridgehead atoms. The Morgan fingerprint density at radius 1 is 1.25 bits per heavy atom. The maximum absolute atomic E-state index is 11.7. The maximum Gasteiger partial charge on any atom is 0.224 e. The zero-order chi connectivity index (χ0) is 17.2. The van der Waals surface area contributed by atoms with E-state index in [1.807, 2.05) is 6.92 Å². The number of rotatable bonds is 4. The van der Waals surface area contributed by atoms with Crippen molar-refractivity contribution in [2.45, 2.75) is 57.0 Å². The third-order valence-electron chi connectivity index (χ3n) is 6.08. The van der Waals surface area contributed by atoms with Crippen LogP contribution in [0.4, 0.5) is 0 Å². The molecule has 1 saturated heterocycles. The second kappa shape index (κ2) is 6.85. The fourth-order valence-electron chi connectivity index (χ4n) is 4.47. The van der Waals surface area contributed by atoms with Crippen molar-refractivity contribution in [1.29, 1.82) is 0 Å². The van der Waals surface area contributed by atoms with Crippen LogP contribution < -0.4 is 5.73 Å². The summed E-state index contributed by atoms with van der Waals surface area (Å²) in [5.41, 5.74) is 5.90. The number of primary amides is 1. The number of carbonyl (C=O) groups excluding carboxylic acids is 1. The first-order valence-corrected chi connectivity index (χ1v) is 9.20. The quantitative estimate of drug-likeness (QED) is 0.892. The van der Waals surface area contributed by atoms with Crippen molar-refractivity contribution in [2.75, 3.05) is 19.6 Å². The Kier molecular flexibility index (Phi) is 4.97. The van der Waals surface area contributed by atoms with E-state index in [2.05, 4.69) is 35.2 Å². The SMILES string of the molecule is C[C@@]1(C(N)=O)CCCN(CC2(O)CCC(c3ccccc3)CC2)C1. The van der Waals surface area contributed by atoms with Crippen LogP contribution in [0.25, 0.3) is 0 Å². The summed E-state index contributed by atoms with van der Waals surface area (Å²) >= 11 is 0. The number of likely N-dealkylation sites (tertiary alicyclic amines) is 1. The second-order valence-electron chi connectivity index (χ2n) is 8.15. The van der Waals surface area contributed by atoms with E-state index in [4.69, 9.17) is 5.73 Å². The third kappa shape index (κ3) is 3.81. The van der Waals surface area contributed by atoms with Crippen molar-refractivity contribution in [3.05, 3.63) is 35.9 Å². The molecule has 2 aliphatic rings. The second-order valence-corrected chi connectivity index (χ2v) is 8.15. The Bertz CT molecular complexity index is 566. The van der Waals surface area contributed by atoms with Crippen LogP contribution in [-0.2, 0) is 4.79 Å². The van der Waals surface area contributed by atoms with Crippen LogP contribution in [0.2, 0.25) is 0 Å². The molecule has 0 radical (unpaired) electrons. The molecule has 3 rings (SSSR count). The fraction of sp³-hybridized carbons (Fsp3) is 0.650. The van der Waals surface area contributed by atoms with Gasteiger partial charge in [-0.1, -0.05) is 30.3 Å². The highest BCUT2D eigenvalue weighted by Crippen LogP contribution is 2.39. The lowest BCUT2D eigenvalue weighted by Crippen LogP contribution is -2.53. The van der Waals surface area contributed by atoms with Crippen LogP contribution in [0.1, 0.15) is 56.9 Å². The molecule has 3 N–H and O–H groups in total. The van der Waals surface area contributed by atoms with Gasteiger partial charge in [-0.15, -0.1) is 0 Å². The van der Waals surface area contributed by atoms with Gasteiger partial charge in [-0.3, -0.25) is 9.69 Å². The summed E-state index contributed by atoms with van der Waals surface area (Å²) < 4.78 is 0. The minimum absolute atomic E-state index is 0.216. The van der Waals surface area contributed by atoms with E-state index in [0.29, 0.717) is 19.0 Å². The first-order chi connectivity index (χ1) is 11.4. The summed E-state index contributed by atoms with van der Waals surface area (Å²) in [4.78, 5) is 14.0. The van der Waals surface area contributed by atoms with E-state index in [0.717, 1.165) is 45.1 Å². The zero-order valence-electron chi connectivity index (χ0n) is 14.7. The maximum atomic E-state index is 11.7. The van der Waals surface area contributed by atoms with Gasteiger partial charge in [0.25, 0.3) is 0 Å². The molecule has 1 aliphatic carbocycles. The van der Waals surface area contributed by atoms with Crippen LogP contribution in [0, 0.1) is 5.41 Å². The molecule has 1 heterocycles. The first-order valence-electron chi connectivity index (χ1n) is 9.20. The first kappa shape index (κ1) is 17.4. The number of hydrogen-bond acceptors (Lipinski definition) is 3. The number of aliphatic hydroxyl groups is 1. The largest absolute Gasteiger partial charge is 0.389 e. The molecule has 24 heavy (non-hydrogen) atoms. The van der Waals surface area contributed by atoms with Crippen molar-refractivity contribution < 1.29 is 9.90 Å². The zero-order valence-corrected chi connectivity index (χ0v) is 14.7. The number of nitrogens with two attached hydrogens (primary N) is 1. The normalized spacial score (nSPS) is 34.8. The standard InChI is InChI=1S/C20H30N2O2/c1-19(18(21)23)10-5-13-22(14-19)15-20(24)11-8-17(9-12-20)16-6-3-2-4-7-16/h2-4,6-7,17,24H,5,8-15H2,1H3,(H2,21,23)/t17?,19-,20?/m1/s1. The van der Waals surface area contributed by atoms with E-state index in [1.54, 1.807) is 0 Å². The molecule has 1 atom stereocenters. The molecule has 0 unspecified atom stereocenters.